The van der Waals surface area contributed by atoms with E-state index in [1.807, 2.05) is 43.7 Å². The number of methoxy groups -OCH3 is 1. The van der Waals surface area contributed by atoms with Crippen molar-refractivity contribution < 1.29 is 9.53 Å². The molecule has 1 aromatic heterocycles. The molecule has 2 aromatic rings. The minimum Gasteiger partial charge on any atom is -0.383 e. The van der Waals surface area contributed by atoms with Gasteiger partial charge in [-0.05, 0) is 32.0 Å². The molecule has 1 amide bonds. The monoisotopic (exact) mass is 275 g/mol. The summed E-state index contributed by atoms with van der Waals surface area (Å²) in [5, 5.41) is 0. The van der Waals surface area contributed by atoms with Crippen LogP contribution in [0.15, 0.2) is 18.2 Å². The number of carbonyl (C=O) groups excluding carboxylic acids is 1. The maximum Gasteiger partial charge on any atom is 0.253 e. The highest BCUT2D eigenvalue weighted by Crippen LogP contribution is 2.17. The fourth-order valence-electron chi connectivity index (χ4n) is 2.21. The zero-order valence-corrected chi connectivity index (χ0v) is 12.7. The first kappa shape index (κ1) is 14.5. The SMILES string of the molecule is COCC(C)N(C)C(=O)c1ccc2c(c1)nc(C)n2C. The lowest BCUT2D eigenvalue weighted by atomic mass is 10.1. The van der Waals surface area contributed by atoms with Crippen molar-refractivity contribution in [1.82, 2.24) is 14.5 Å². The fraction of sp³-hybridized carbons (Fsp3) is 0.467. The van der Waals surface area contributed by atoms with Crippen LogP contribution in [0, 0.1) is 6.92 Å². The number of ether oxygens (including phenoxy) is 1. The second-order valence-electron chi connectivity index (χ2n) is 5.14. The molecule has 0 N–H and O–H groups in total. The van der Waals surface area contributed by atoms with Crippen molar-refractivity contribution in [2.45, 2.75) is 19.9 Å². The Kier molecular flexibility index (Phi) is 4.09. The lowest BCUT2D eigenvalue weighted by Gasteiger charge is -2.24. The lowest BCUT2D eigenvalue weighted by molar-refractivity contribution is 0.0633. The molecule has 0 radical (unpaired) electrons. The van der Waals surface area contributed by atoms with Gasteiger partial charge in [0.05, 0.1) is 23.7 Å². The molecule has 2 rings (SSSR count). The van der Waals surface area contributed by atoms with Crippen LogP contribution >= 0.6 is 0 Å². The molecular formula is C15H21N3O2. The van der Waals surface area contributed by atoms with Crippen LogP contribution < -0.4 is 0 Å². The van der Waals surface area contributed by atoms with Gasteiger partial charge in [0.15, 0.2) is 0 Å². The highest BCUT2D eigenvalue weighted by molar-refractivity contribution is 5.97. The van der Waals surface area contributed by atoms with E-state index in [0.29, 0.717) is 12.2 Å². The Bertz CT molecular complexity index is 633. The van der Waals surface area contributed by atoms with Crippen LogP contribution in [0.1, 0.15) is 23.1 Å². The number of hydrogen-bond acceptors (Lipinski definition) is 3. The number of aryl methyl sites for hydroxylation is 2. The van der Waals surface area contributed by atoms with E-state index in [2.05, 4.69) is 4.98 Å². The molecular weight excluding hydrogens is 254 g/mol. The first-order valence-corrected chi connectivity index (χ1v) is 6.65. The van der Waals surface area contributed by atoms with Crippen LogP contribution in [0.4, 0.5) is 0 Å². The summed E-state index contributed by atoms with van der Waals surface area (Å²) in [7, 11) is 5.40. The number of aromatic nitrogens is 2. The van der Waals surface area contributed by atoms with Crippen LogP contribution in [0.2, 0.25) is 0 Å². The highest BCUT2D eigenvalue weighted by atomic mass is 16.5. The highest BCUT2D eigenvalue weighted by Gasteiger charge is 2.18. The Labute approximate surface area is 119 Å². The van der Waals surface area contributed by atoms with Gasteiger partial charge in [0.2, 0.25) is 0 Å². The van der Waals surface area contributed by atoms with Crippen LogP contribution in [0.5, 0.6) is 0 Å². The van der Waals surface area contributed by atoms with E-state index in [1.165, 1.54) is 0 Å². The molecule has 0 aliphatic rings. The first-order valence-electron chi connectivity index (χ1n) is 6.65. The van der Waals surface area contributed by atoms with Crippen molar-refractivity contribution in [3.8, 4) is 0 Å². The van der Waals surface area contributed by atoms with Crippen LogP contribution in [-0.4, -0.2) is 47.2 Å². The number of imidazole rings is 1. The van der Waals surface area contributed by atoms with E-state index >= 15 is 0 Å². The van der Waals surface area contributed by atoms with Gasteiger partial charge in [-0.3, -0.25) is 4.79 Å². The van der Waals surface area contributed by atoms with Gasteiger partial charge in [-0.15, -0.1) is 0 Å². The summed E-state index contributed by atoms with van der Waals surface area (Å²) in [5.41, 5.74) is 2.54. The molecule has 5 nitrogen and oxygen atoms in total. The second-order valence-corrected chi connectivity index (χ2v) is 5.14. The summed E-state index contributed by atoms with van der Waals surface area (Å²) in [4.78, 5) is 18.6. The summed E-state index contributed by atoms with van der Waals surface area (Å²) < 4.78 is 7.11. The molecule has 5 heteroatoms. The number of nitrogens with zero attached hydrogens (tertiary/aromatic N) is 3. The van der Waals surface area contributed by atoms with Gasteiger partial charge in [0.25, 0.3) is 5.91 Å². The number of likely N-dealkylation sites (N-methyl/N-ethyl adjacent to an activating group) is 1. The van der Waals surface area contributed by atoms with E-state index in [1.54, 1.807) is 19.1 Å². The number of rotatable bonds is 4. The van der Waals surface area contributed by atoms with Crippen molar-refractivity contribution in [2.24, 2.45) is 7.05 Å². The predicted octanol–water partition coefficient (Wildman–Crippen LogP) is 1.99. The Hall–Kier alpha value is -1.88. The molecule has 0 aliphatic heterocycles. The summed E-state index contributed by atoms with van der Waals surface area (Å²) in [6.07, 6.45) is 0. The molecule has 1 atom stereocenters. The van der Waals surface area contributed by atoms with Gasteiger partial charge < -0.3 is 14.2 Å². The third-order valence-electron chi connectivity index (χ3n) is 3.74. The minimum atomic E-state index is -0.0141. The summed E-state index contributed by atoms with van der Waals surface area (Å²) in [6, 6.07) is 5.67. The predicted molar refractivity (Wildman–Crippen MR) is 78.9 cm³/mol. The number of carbonyl (C=O) groups is 1. The van der Waals surface area contributed by atoms with Gasteiger partial charge in [-0.1, -0.05) is 0 Å². The zero-order valence-electron chi connectivity index (χ0n) is 12.7. The zero-order chi connectivity index (χ0) is 14.9. The van der Waals surface area contributed by atoms with Crippen LogP contribution in [-0.2, 0) is 11.8 Å². The van der Waals surface area contributed by atoms with Crippen molar-refractivity contribution in [3.05, 3.63) is 29.6 Å². The van der Waals surface area contributed by atoms with E-state index < -0.39 is 0 Å². The van der Waals surface area contributed by atoms with Gasteiger partial charge in [-0.2, -0.15) is 0 Å². The molecule has 0 bridgehead atoms. The number of hydrogen-bond donors (Lipinski definition) is 0. The number of amides is 1. The first-order chi connectivity index (χ1) is 9.45. The molecule has 108 valence electrons. The lowest BCUT2D eigenvalue weighted by Crippen LogP contribution is -2.37. The van der Waals surface area contributed by atoms with Crippen molar-refractivity contribution >= 4 is 16.9 Å². The van der Waals surface area contributed by atoms with Crippen molar-refractivity contribution in [1.29, 1.82) is 0 Å². The van der Waals surface area contributed by atoms with E-state index in [4.69, 9.17) is 4.74 Å². The van der Waals surface area contributed by atoms with Gasteiger partial charge >= 0.3 is 0 Å². The Morgan fingerprint density at radius 3 is 2.85 bits per heavy atom. The standard InChI is InChI=1S/C15H21N3O2/c1-10(9-20-5)17(3)15(19)12-6-7-14-13(8-12)16-11(2)18(14)4/h6-8,10H,9H2,1-5H3. The quantitative estimate of drug-likeness (QED) is 0.857. The summed E-state index contributed by atoms with van der Waals surface area (Å²) in [6.45, 7) is 4.44. The second kappa shape index (κ2) is 5.63. The van der Waals surface area contributed by atoms with Crippen molar-refractivity contribution in [3.63, 3.8) is 0 Å². The molecule has 0 aliphatic carbocycles. The van der Waals surface area contributed by atoms with E-state index in [-0.39, 0.29) is 11.9 Å². The normalized spacial score (nSPS) is 12.7. The van der Waals surface area contributed by atoms with Gasteiger partial charge in [0.1, 0.15) is 5.82 Å². The number of benzene rings is 1. The molecule has 1 unspecified atom stereocenters. The van der Waals surface area contributed by atoms with Crippen LogP contribution in [0.3, 0.4) is 0 Å². The molecule has 0 saturated heterocycles. The largest absolute Gasteiger partial charge is 0.383 e. The minimum absolute atomic E-state index is 0.0141. The topological polar surface area (TPSA) is 47.4 Å². The smallest absolute Gasteiger partial charge is 0.253 e. The molecule has 1 aromatic carbocycles. The van der Waals surface area contributed by atoms with Gasteiger partial charge in [-0.25, -0.2) is 4.98 Å². The van der Waals surface area contributed by atoms with Crippen molar-refractivity contribution in [2.75, 3.05) is 20.8 Å². The Morgan fingerprint density at radius 2 is 2.20 bits per heavy atom. The third kappa shape index (κ3) is 2.54. The molecule has 0 fully saturated rings. The maximum atomic E-state index is 12.4. The summed E-state index contributed by atoms with van der Waals surface area (Å²) >= 11 is 0. The third-order valence-corrected chi connectivity index (χ3v) is 3.74. The fourth-order valence-corrected chi connectivity index (χ4v) is 2.21. The van der Waals surface area contributed by atoms with Crippen LogP contribution in [0.25, 0.3) is 11.0 Å². The van der Waals surface area contributed by atoms with E-state index in [0.717, 1.165) is 16.9 Å². The number of fused-ring (bicyclic) bond motifs is 1. The average Bonchev–Trinajstić information content (AvgIpc) is 2.72. The Balaban J connectivity index is 2.31. The van der Waals surface area contributed by atoms with E-state index in [9.17, 15) is 4.79 Å². The maximum absolute atomic E-state index is 12.4. The summed E-state index contributed by atoms with van der Waals surface area (Å²) in [5.74, 6) is 0.922. The molecule has 0 spiro atoms. The van der Waals surface area contributed by atoms with Gasteiger partial charge in [0, 0.05) is 26.8 Å². The molecule has 1 heterocycles. The molecule has 0 saturated carbocycles. The average molecular weight is 275 g/mol. The molecule has 20 heavy (non-hydrogen) atoms. The Morgan fingerprint density at radius 1 is 1.50 bits per heavy atom.